The smallest absolute Gasteiger partial charge is 0.256 e. The van der Waals surface area contributed by atoms with Crippen LogP contribution >= 0.6 is 0 Å². The third-order valence-electron chi connectivity index (χ3n) is 3.63. The molecule has 4 nitrogen and oxygen atoms in total. The first-order valence-corrected chi connectivity index (χ1v) is 6.37. The van der Waals surface area contributed by atoms with E-state index in [0.717, 1.165) is 6.42 Å². The number of benzene rings is 1. The molecule has 1 amide bonds. The Bertz CT molecular complexity index is 408. The van der Waals surface area contributed by atoms with Crippen LogP contribution in [0.3, 0.4) is 0 Å². The van der Waals surface area contributed by atoms with E-state index < -0.39 is 6.10 Å². The van der Waals surface area contributed by atoms with E-state index in [-0.39, 0.29) is 11.9 Å². The Labute approximate surface area is 107 Å². The van der Waals surface area contributed by atoms with Gasteiger partial charge in [0.1, 0.15) is 0 Å². The average Bonchev–Trinajstić information content (AvgIpc) is 2.79. The lowest BCUT2D eigenvalue weighted by atomic mass is 10.1. The zero-order valence-corrected chi connectivity index (χ0v) is 10.6. The van der Waals surface area contributed by atoms with E-state index in [2.05, 4.69) is 0 Å². The normalized spacial score (nSPS) is 25.2. The van der Waals surface area contributed by atoms with E-state index in [0.29, 0.717) is 24.6 Å². The predicted molar refractivity (Wildman–Crippen MR) is 69.7 cm³/mol. The van der Waals surface area contributed by atoms with E-state index >= 15 is 0 Å². The van der Waals surface area contributed by atoms with E-state index in [1.54, 1.807) is 17.0 Å². The number of aliphatic hydroxyl groups excluding tert-OH is 1. The van der Waals surface area contributed by atoms with Crippen LogP contribution in [0.1, 0.15) is 25.0 Å². The van der Waals surface area contributed by atoms with Gasteiger partial charge in [0.2, 0.25) is 0 Å². The van der Waals surface area contributed by atoms with Gasteiger partial charge in [-0.05, 0) is 31.4 Å². The maximum atomic E-state index is 12.3. The van der Waals surface area contributed by atoms with Gasteiger partial charge in [-0.1, -0.05) is 30.3 Å². The van der Waals surface area contributed by atoms with Gasteiger partial charge in [-0.2, -0.15) is 0 Å². The summed E-state index contributed by atoms with van der Waals surface area (Å²) in [5, 5.41) is 10.1. The van der Waals surface area contributed by atoms with E-state index in [9.17, 15) is 9.90 Å². The van der Waals surface area contributed by atoms with Gasteiger partial charge in [0, 0.05) is 12.6 Å². The van der Waals surface area contributed by atoms with Crippen molar-refractivity contribution in [1.29, 1.82) is 0 Å². The summed E-state index contributed by atoms with van der Waals surface area (Å²) >= 11 is 0. The van der Waals surface area contributed by atoms with Crippen molar-refractivity contribution in [3.63, 3.8) is 0 Å². The van der Waals surface area contributed by atoms with Crippen LogP contribution in [-0.4, -0.2) is 35.0 Å². The molecule has 1 aromatic carbocycles. The molecule has 2 rings (SSSR count). The molecule has 0 aliphatic carbocycles. The maximum absolute atomic E-state index is 12.3. The fourth-order valence-electron chi connectivity index (χ4n) is 2.56. The third-order valence-corrected chi connectivity index (χ3v) is 3.63. The molecule has 18 heavy (non-hydrogen) atoms. The molecule has 3 atom stereocenters. The van der Waals surface area contributed by atoms with Crippen LogP contribution in [-0.2, 0) is 4.79 Å². The van der Waals surface area contributed by atoms with Crippen LogP contribution < -0.4 is 5.73 Å². The summed E-state index contributed by atoms with van der Waals surface area (Å²) in [5.41, 5.74) is 6.29. The molecule has 98 valence electrons. The van der Waals surface area contributed by atoms with Crippen molar-refractivity contribution < 1.29 is 9.90 Å². The van der Waals surface area contributed by atoms with Gasteiger partial charge in [-0.15, -0.1) is 0 Å². The Hall–Kier alpha value is -1.39. The minimum Gasteiger partial charge on any atom is -0.378 e. The second kappa shape index (κ2) is 5.50. The van der Waals surface area contributed by atoms with Gasteiger partial charge in [0.15, 0.2) is 6.10 Å². The molecule has 3 unspecified atom stereocenters. The highest BCUT2D eigenvalue weighted by Crippen LogP contribution is 2.26. The van der Waals surface area contributed by atoms with Gasteiger partial charge in [0.25, 0.3) is 5.91 Å². The number of nitrogens with zero attached hydrogens (tertiary/aromatic N) is 1. The van der Waals surface area contributed by atoms with Crippen molar-refractivity contribution in [2.24, 2.45) is 11.7 Å². The Morgan fingerprint density at radius 2 is 2.17 bits per heavy atom. The van der Waals surface area contributed by atoms with Gasteiger partial charge in [0.05, 0.1) is 0 Å². The van der Waals surface area contributed by atoms with Crippen molar-refractivity contribution in [3.05, 3.63) is 35.9 Å². The molecule has 0 bridgehead atoms. The number of carbonyl (C=O) groups excluding carboxylic acids is 1. The number of likely N-dealkylation sites (tertiary alicyclic amines) is 1. The third kappa shape index (κ3) is 2.54. The molecule has 3 N–H and O–H groups in total. The van der Waals surface area contributed by atoms with Crippen molar-refractivity contribution >= 4 is 5.91 Å². The highest BCUT2D eigenvalue weighted by atomic mass is 16.3. The van der Waals surface area contributed by atoms with Crippen molar-refractivity contribution in [3.8, 4) is 0 Å². The second-order valence-corrected chi connectivity index (χ2v) is 4.99. The van der Waals surface area contributed by atoms with Crippen LogP contribution in [0.2, 0.25) is 0 Å². The van der Waals surface area contributed by atoms with E-state index in [1.807, 2.05) is 25.1 Å². The fraction of sp³-hybridized carbons (Fsp3) is 0.500. The van der Waals surface area contributed by atoms with Crippen LogP contribution in [0.25, 0.3) is 0 Å². The van der Waals surface area contributed by atoms with E-state index in [1.165, 1.54) is 0 Å². The average molecular weight is 248 g/mol. The first-order valence-electron chi connectivity index (χ1n) is 6.37. The summed E-state index contributed by atoms with van der Waals surface area (Å²) in [4.78, 5) is 14.0. The second-order valence-electron chi connectivity index (χ2n) is 4.99. The zero-order valence-electron chi connectivity index (χ0n) is 10.6. The summed E-state index contributed by atoms with van der Waals surface area (Å²) in [6, 6.07) is 9.20. The molecule has 4 heteroatoms. The number of amides is 1. The molecule has 0 spiro atoms. The van der Waals surface area contributed by atoms with Gasteiger partial charge in [-0.25, -0.2) is 0 Å². The number of rotatable bonds is 3. The van der Waals surface area contributed by atoms with Crippen LogP contribution in [0.15, 0.2) is 30.3 Å². The number of hydrogen-bond acceptors (Lipinski definition) is 3. The molecule has 1 aromatic rings. The molecule has 1 aliphatic rings. The molecule has 1 aliphatic heterocycles. The number of carbonyl (C=O) groups is 1. The SMILES string of the molecule is CC1CC(CN)CN1C(=O)C(O)c1ccccc1. The fourth-order valence-corrected chi connectivity index (χ4v) is 2.56. The summed E-state index contributed by atoms with van der Waals surface area (Å²) in [7, 11) is 0. The lowest BCUT2D eigenvalue weighted by Crippen LogP contribution is -2.38. The van der Waals surface area contributed by atoms with Gasteiger partial charge in [-0.3, -0.25) is 4.79 Å². The highest BCUT2D eigenvalue weighted by molar-refractivity contribution is 5.82. The standard InChI is InChI=1S/C14H20N2O2/c1-10-7-11(8-15)9-16(10)14(18)13(17)12-5-3-2-4-6-12/h2-6,10-11,13,17H,7-9,15H2,1H3. The zero-order chi connectivity index (χ0) is 13.1. The Morgan fingerprint density at radius 1 is 1.50 bits per heavy atom. The Morgan fingerprint density at radius 3 is 2.72 bits per heavy atom. The Kier molecular flexibility index (Phi) is 3.99. The molecule has 0 saturated carbocycles. The largest absolute Gasteiger partial charge is 0.378 e. The number of aliphatic hydroxyl groups is 1. The van der Waals surface area contributed by atoms with Gasteiger partial charge >= 0.3 is 0 Å². The maximum Gasteiger partial charge on any atom is 0.256 e. The predicted octanol–water partition coefficient (Wildman–Crippen LogP) is 0.916. The van der Waals surface area contributed by atoms with Crippen molar-refractivity contribution in [2.75, 3.05) is 13.1 Å². The van der Waals surface area contributed by atoms with Crippen molar-refractivity contribution in [2.45, 2.75) is 25.5 Å². The molecule has 1 heterocycles. The molecule has 0 radical (unpaired) electrons. The topological polar surface area (TPSA) is 66.6 Å². The first-order chi connectivity index (χ1) is 8.63. The quantitative estimate of drug-likeness (QED) is 0.835. The molecular formula is C14H20N2O2. The monoisotopic (exact) mass is 248 g/mol. The lowest BCUT2D eigenvalue weighted by molar-refractivity contribution is -0.141. The van der Waals surface area contributed by atoms with Crippen LogP contribution in [0.4, 0.5) is 0 Å². The van der Waals surface area contributed by atoms with Gasteiger partial charge < -0.3 is 15.7 Å². The summed E-state index contributed by atoms with van der Waals surface area (Å²) < 4.78 is 0. The minimum absolute atomic E-state index is 0.157. The first kappa shape index (κ1) is 13.1. The van der Waals surface area contributed by atoms with Crippen LogP contribution in [0, 0.1) is 5.92 Å². The minimum atomic E-state index is -1.06. The molecule has 1 fully saturated rings. The highest BCUT2D eigenvalue weighted by Gasteiger charge is 2.34. The molecule has 0 aromatic heterocycles. The molecular weight excluding hydrogens is 228 g/mol. The van der Waals surface area contributed by atoms with Crippen molar-refractivity contribution in [1.82, 2.24) is 4.90 Å². The lowest BCUT2D eigenvalue weighted by Gasteiger charge is -2.24. The van der Waals surface area contributed by atoms with Crippen LogP contribution in [0.5, 0.6) is 0 Å². The van der Waals surface area contributed by atoms with E-state index in [4.69, 9.17) is 5.73 Å². The summed E-state index contributed by atoms with van der Waals surface area (Å²) in [6.45, 7) is 3.25. The number of nitrogens with two attached hydrogens (primary N) is 1. The Balaban J connectivity index is 2.08. The summed E-state index contributed by atoms with van der Waals surface area (Å²) in [5.74, 6) is 0.136. The number of hydrogen-bond donors (Lipinski definition) is 2. The molecule has 1 saturated heterocycles. The summed E-state index contributed by atoms with van der Waals surface area (Å²) in [6.07, 6.45) is -0.144.